The van der Waals surface area contributed by atoms with Gasteiger partial charge < -0.3 is 9.47 Å². The first kappa shape index (κ1) is 23.1. The topological polar surface area (TPSA) is 8.17 Å². The minimum atomic E-state index is 0.348. The van der Waals surface area contributed by atoms with Gasteiger partial charge in [0.15, 0.2) is 0 Å². The molecule has 0 bridgehead atoms. The van der Waals surface area contributed by atoms with Gasteiger partial charge in [0.05, 0.1) is 17.1 Å². The van der Waals surface area contributed by atoms with Gasteiger partial charge >= 0.3 is 0 Å². The van der Waals surface area contributed by atoms with Crippen LogP contribution in [0.2, 0.25) is 0 Å². The van der Waals surface area contributed by atoms with E-state index in [1.165, 1.54) is 55.6 Å². The zero-order valence-corrected chi connectivity index (χ0v) is 22.3. The molecule has 0 radical (unpaired) electrons. The molecule has 8 rings (SSSR count). The lowest BCUT2D eigenvalue weighted by Crippen LogP contribution is -2.28. The van der Waals surface area contributed by atoms with Crippen molar-refractivity contribution in [3.05, 3.63) is 162 Å². The summed E-state index contributed by atoms with van der Waals surface area (Å²) in [5.74, 6) is 0.423. The van der Waals surface area contributed by atoms with E-state index in [-0.39, 0.29) is 0 Å². The first-order chi connectivity index (χ1) is 19.8. The van der Waals surface area contributed by atoms with E-state index in [2.05, 4.69) is 155 Å². The molecule has 192 valence electrons. The molecule has 2 atom stereocenters. The third kappa shape index (κ3) is 3.71. The zero-order chi connectivity index (χ0) is 26.5. The molecule has 2 unspecified atom stereocenters. The fourth-order valence-corrected chi connectivity index (χ4v) is 6.71. The summed E-state index contributed by atoms with van der Waals surface area (Å²) in [7, 11) is 0. The molecule has 5 aromatic carbocycles. The van der Waals surface area contributed by atoms with Gasteiger partial charge in [0.2, 0.25) is 0 Å². The highest BCUT2D eigenvalue weighted by Crippen LogP contribution is 2.47. The van der Waals surface area contributed by atoms with Crippen LogP contribution in [-0.2, 0) is 12.8 Å². The molecule has 0 saturated carbocycles. The highest BCUT2D eigenvalue weighted by molar-refractivity contribution is 6.09. The third-order valence-electron chi connectivity index (χ3n) is 8.65. The summed E-state index contributed by atoms with van der Waals surface area (Å²) in [5, 5.41) is 2.60. The largest absolute Gasteiger partial charge is 0.333 e. The van der Waals surface area contributed by atoms with E-state index in [1.807, 2.05) is 0 Å². The van der Waals surface area contributed by atoms with Gasteiger partial charge in [-0.05, 0) is 72.0 Å². The second kappa shape index (κ2) is 9.43. The van der Waals surface area contributed by atoms with Gasteiger partial charge in [-0.25, -0.2) is 0 Å². The summed E-state index contributed by atoms with van der Waals surface area (Å²) in [6.07, 6.45) is 11.1. The summed E-state index contributed by atoms with van der Waals surface area (Å²) in [5.41, 5.74) is 10.5. The lowest BCUT2D eigenvalue weighted by atomic mass is 9.91. The Balaban J connectivity index is 1.01. The Bertz CT molecular complexity index is 1850. The molecular weight excluding hydrogens is 484 g/mol. The third-order valence-corrected chi connectivity index (χ3v) is 8.65. The van der Waals surface area contributed by atoms with Crippen molar-refractivity contribution < 1.29 is 0 Å². The summed E-state index contributed by atoms with van der Waals surface area (Å²) in [6, 6.07) is 44.9. The quantitative estimate of drug-likeness (QED) is 0.222. The molecule has 0 fully saturated rings. The molecule has 0 amide bonds. The van der Waals surface area contributed by atoms with Gasteiger partial charge in [0.1, 0.15) is 0 Å². The van der Waals surface area contributed by atoms with Gasteiger partial charge in [-0.3, -0.25) is 0 Å². The Morgan fingerprint density at radius 1 is 0.500 bits per heavy atom. The molecule has 2 heterocycles. The molecule has 0 N–H and O–H groups in total. The number of benzene rings is 5. The lowest BCUT2D eigenvalue weighted by Gasteiger charge is -2.28. The maximum Gasteiger partial charge on any atom is 0.0629 e. The summed E-state index contributed by atoms with van der Waals surface area (Å²) < 4.78 is 2.38. The normalized spacial score (nSPS) is 17.4. The van der Waals surface area contributed by atoms with Crippen molar-refractivity contribution in [2.45, 2.75) is 24.8 Å². The van der Waals surface area contributed by atoms with Gasteiger partial charge in [-0.2, -0.15) is 0 Å². The van der Waals surface area contributed by atoms with Crippen molar-refractivity contribution >= 4 is 33.2 Å². The Morgan fingerprint density at radius 3 is 1.73 bits per heavy atom. The standard InChI is InChI=1S/C38H30N2/c1-5-13-35-31(9-1)32-10-2-6-14-36(32)39(35)29-23-19-27(20-24-29)17-18-28-21-25-30(26-22-28)40-37-15-7-3-11-33(37)34-12-4-8-16-38(34)40/h1-16,19-26,31,35H,17-18H2. The number of rotatable bonds is 5. The van der Waals surface area contributed by atoms with Crippen LogP contribution in [0, 0.1) is 0 Å². The van der Waals surface area contributed by atoms with Crippen molar-refractivity contribution in [2.24, 2.45) is 0 Å². The number of para-hydroxylation sites is 3. The van der Waals surface area contributed by atoms with Crippen LogP contribution < -0.4 is 4.90 Å². The number of aryl methyl sites for hydroxylation is 2. The SMILES string of the molecule is C1=CC2c3ccccc3N(c3ccc(CCc4ccc(-n5c6ccccc6c6ccccc65)cc4)cc3)C2C=C1. The number of anilines is 2. The van der Waals surface area contributed by atoms with E-state index in [4.69, 9.17) is 0 Å². The number of fused-ring (bicyclic) bond motifs is 6. The Labute approximate surface area is 235 Å². The number of allylic oxidation sites excluding steroid dienone is 2. The molecule has 2 nitrogen and oxygen atoms in total. The fraction of sp³-hybridized carbons (Fsp3) is 0.105. The molecule has 1 aliphatic heterocycles. The Kier molecular flexibility index (Phi) is 5.44. The van der Waals surface area contributed by atoms with E-state index in [0.29, 0.717) is 12.0 Å². The maximum absolute atomic E-state index is 2.50. The highest BCUT2D eigenvalue weighted by atomic mass is 15.2. The number of nitrogens with zero attached hydrogens (tertiary/aromatic N) is 2. The molecule has 40 heavy (non-hydrogen) atoms. The van der Waals surface area contributed by atoms with Crippen LogP contribution in [0.5, 0.6) is 0 Å². The van der Waals surface area contributed by atoms with E-state index in [1.54, 1.807) is 0 Å². The van der Waals surface area contributed by atoms with Gasteiger partial charge in [-0.15, -0.1) is 0 Å². The summed E-state index contributed by atoms with van der Waals surface area (Å²) in [4.78, 5) is 2.50. The van der Waals surface area contributed by atoms with Crippen molar-refractivity contribution in [1.29, 1.82) is 0 Å². The Morgan fingerprint density at radius 2 is 1.05 bits per heavy atom. The van der Waals surface area contributed by atoms with Crippen LogP contribution in [-0.4, -0.2) is 10.6 Å². The van der Waals surface area contributed by atoms with Crippen molar-refractivity contribution in [2.75, 3.05) is 4.90 Å². The maximum atomic E-state index is 2.50. The van der Waals surface area contributed by atoms with Crippen molar-refractivity contribution in [1.82, 2.24) is 4.57 Å². The summed E-state index contributed by atoms with van der Waals surface area (Å²) >= 11 is 0. The van der Waals surface area contributed by atoms with Crippen LogP contribution >= 0.6 is 0 Å². The molecular formula is C38H30N2. The molecule has 2 heteroatoms. The summed E-state index contributed by atoms with van der Waals surface area (Å²) in [6.45, 7) is 0. The highest BCUT2D eigenvalue weighted by Gasteiger charge is 2.36. The minimum absolute atomic E-state index is 0.348. The van der Waals surface area contributed by atoms with Crippen molar-refractivity contribution in [3.8, 4) is 5.69 Å². The minimum Gasteiger partial charge on any atom is -0.333 e. The van der Waals surface area contributed by atoms with Gasteiger partial charge in [0.25, 0.3) is 0 Å². The monoisotopic (exact) mass is 514 g/mol. The molecule has 1 aromatic heterocycles. The van der Waals surface area contributed by atoms with E-state index in [0.717, 1.165) is 12.8 Å². The van der Waals surface area contributed by atoms with Gasteiger partial charge in [0, 0.05) is 33.8 Å². The first-order valence-corrected chi connectivity index (χ1v) is 14.2. The van der Waals surface area contributed by atoms with Crippen LogP contribution in [0.1, 0.15) is 22.6 Å². The first-order valence-electron chi connectivity index (χ1n) is 14.2. The van der Waals surface area contributed by atoms with E-state index < -0.39 is 0 Å². The lowest BCUT2D eigenvalue weighted by molar-refractivity contribution is 0.744. The molecule has 2 aliphatic rings. The number of aromatic nitrogens is 1. The zero-order valence-electron chi connectivity index (χ0n) is 22.3. The number of hydrogen-bond donors (Lipinski definition) is 0. The van der Waals surface area contributed by atoms with Crippen LogP contribution in [0.15, 0.2) is 146 Å². The smallest absolute Gasteiger partial charge is 0.0629 e. The predicted molar refractivity (Wildman–Crippen MR) is 168 cm³/mol. The second-order valence-electron chi connectivity index (χ2n) is 10.9. The van der Waals surface area contributed by atoms with E-state index >= 15 is 0 Å². The average molecular weight is 515 g/mol. The average Bonchev–Trinajstić information content (AvgIpc) is 3.54. The fourth-order valence-electron chi connectivity index (χ4n) is 6.71. The Hall–Kier alpha value is -4.82. The van der Waals surface area contributed by atoms with Crippen LogP contribution in [0.25, 0.3) is 27.5 Å². The molecule has 0 spiro atoms. The van der Waals surface area contributed by atoms with Crippen LogP contribution in [0.4, 0.5) is 11.4 Å². The van der Waals surface area contributed by atoms with Gasteiger partial charge in [-0.1, -0.05) is 103 Å². The van der Waals surface area contributed by atoms with Crippen LogP contribution in [0.3, 0.4) is 0 Å². The number of hydrogen-bond acceptors (Lipinski definition) is 1. The molecule has 6 aromatic rings. The van der Waals surface area contributed by atoms with Crippen molar-refractivity contribution in [3.63, 3.8) is 0 Å². The van der Waals surface area contributed by atoms with E-state index in [9.17, 15) is 0 Å². The molecule has 1 aliphatic carbocycles. The predicted octanol–water partition coefficient (Wildman–Crippen LogP) is 9.30. The molecule has 0 saturated heterocycles. The second-order valence-corrected chi connectivity index (χ2v) is 10.9.